The third-order valence-corrected chi connectivity index (χ3v) is 2.96. The maximum Gasteiger partial charge on any atom is 0.278 e. The molecule has 0 aromatic carbocycles. The first-order valence-electron chi connectivity index (χ1n) is 5.64. The van der Waals surface area contributed by atoms with Crippen LogP contribution in [0.3, 0.4) is 0 Å². The first kappa shape index (κ1) is 10.1. The lowest BCUT2D eigenvalue weighted by molar-refractivity contribution is 0.872. The van der Waals surface area contributed by atoms with Gasteiger partial charge < -0.3 is 10.7 Å². The van der Waals surface area contributed by atoms with E-state index in [4.69, 9.17) is 5.73 Å². The van der Waals surface area contributed by atoms with Crippen LogP contribution in [-0.4, -0.2) is 19.9 Å². The van der Waals surface area contributed by atoms with Crippen LogP contribution in [0.2, 0.25) is 0 Å². The fraction of sp³-hybridized carbons (Fsp3) is 0.364. The van der Waals surface area contributed by atoms with E-state index in [9.17, 15) is 4.79 Å². The molecule has 0 saturated carbocycles. The zero-order valence-corrected chi connectivity index (χ0v) is 9.29. The number of hydrogen-bond donors (Lipinski definition) is 3. The van der Waals surface area contributed by atoms with E-state index in [1.54, 1.807) is 0 Å². The number of aromatic nitrogens is 4. The molecule has 17 heavy (non-hydrogen) atoms. The van der Waals surface area contributed by atoms with E-state index in [-0.39, 0.29) is 11.5 Å². The van der Waals surface area contributed by atoms with Gasteiger partial charge in [0.15, 0.2) is 11.2 Å². The highest BCUT2D eigenvalue weighted by Gasteiger charge is 2.11. The quantitative estimate of drug-likeness (QED) is 0.668. The van der Waals surface area contributed by atoms with E-state index >= 15 is 0 Å². The summed E-state index contributed by atoms with van der Waals surface area (Å²) < 4.78 is 0. The van der Waals surface area contributed by atoms with E-state index in [1.165, 1.54) is 12.0 Å². The Morgan fingerprint density at radius 3 is 3.00 bits per heavy atom. The third kappa shape index (κ3) is 1.82. The lowest BCUT2D eigenvalue weighted by Gasteiger charge is -1.96. The smallest absolute Gasteiger partial charge is 0.278 e. The molecule has 0 unspecified atom stereocenters. The molecule has 0 amide bonds. The highest BCUT2D eigenvalue weighted by atomic mass is 16.1. The predicted octanol–water partition coefficient (Wildman–Crippen LogP) is 0.881. The van der Waals surface area contributed by atoms with Crippen molar-refractivity contribution in [1.29, 1.82) is 0 Å². The second-order valence-electron chi connectivity index (χ2n) is 4.26. The Morgan fingerprint density at radius 1 is 1.35 bits per heavy atom. The summed E-state index contributed by atoms with van der Waals surface area (Å²) in [6, 6.07) is 0. The van der Waals surface area contributed by atoms with Crippen molar-refractivity contribution in [3.8, 4) is 0 Å². The Morgan fingerprint density at radius 2 is 2.24 bits per heavy atom. The molecule has 4 N–H and O–H groups in total. The monoisotopic (exact) mass is 231 g/mol. The molecule has 1 aliphatic carbocycles. The molecule has 0 saturated heterocycles. The molecule has 1 aliphatic rings. The number of allylic oxidation sites excluding steroid dienone is 2. The Kier molecular flexibility index (Phi) is 2.21. The molecule has 0 radical (unpaired) electrons. The number of nitrogens with one attached hydrogen (secondary N) is 2. The molecule has 0 aliphatic heterocycles. The predicted molar refractivity (Wildman–Crippen MR) is 64.6 cm³/mol. The molecule has 6 nitrogen and oxygen atoms in total. The van der Waals surface area contributed by atoms with Crippen molar-refractivity contribution in [1.82, 2.24) is 19.9 Å². The van der Waals surface area contributed by atoms with Crippen LogP contribution in [0.4, 0.5) is 5.95 Å². The van der Waals surface area contributed by atoms with Gasteiger partial charge in [0.2, 0.25) is 5.95 Å². The fourth-order valence-electron chi connectivity index (χ4n) is 2.17. The molecule has 0 bridgehead atoms. The van der Waals surface area contributed by atoms with Gasteiger partial charge in [0.25, 0.3) is 5.56 Å². The van der Waals surface area contributed by atoms with Crippen molar-refractivity contribution >= 4 is 17.1 Å². The van der Waals surface area contributed by atoms with Crippen LogP contribution in [0, 0.1) is 0 Å². The van der Waals surface area contributed by atoms with Crippen LogP contribution in [0.1, 0.15) is 25.1 Å². The number of rotatable bonds is 2. The molecule has 88 valence electrons. The maximum atomic E-state index is 11.6. The van der Waals surface area contributed by atoms with Gasteiger partial charge >= 0.3 is 0 Å². The van der Waals surface area contributed by atoms with Crippen molar-refractivity contribution in [3.05, 3.63) is 27.8 Å². The zero-order chi connectivity index (χ0) is 11.8. The van der Waals surface area contributed by atoms with Gasteiger partial charge in [-0.1, -0.05) is 11.6 Å². The number of anilines is 1. The summed E-state index contributed by atoms with van der Waals surface area (Å²) in [5.74, 6) is 0.873. The topological polar surface area (TPSA) is 100 Å². The molecule has 2 heterocycles. The third-order valence-electron chi connectivity index (χ3n) is 2.96. The van der Waals surface area contributed by atoms with Gasteiger partial charge in [-0.15, -0.1) is 0 Å². The first-order valence-corrected chi connectivity index (χ1v) is 5.64. The molecule has 2 aromatic rings. The second kappa shape index (κ2) is 3.73. The van der Waals surface area contributed by atoms with Gasteiger partial charge in [0.05, 0.1) is 0 Å². The van der Waals surface area contributed by atoms with E-state index in [0.717, 1.165) is 25.1 Å². The van der Waals surface area contributed by atoms with Gasteiger partial charge in [-0.25, -0.2) is 4.98 Å². The van der Waals surface area contributed by atoms with Gasteiger partial charge in [0, 0.05) is 6.42 Å². The highest BCUT2D eigenvalue weighted by Crippen LogP contribution is 2.21. The van der Waals surface area contributed by atoms with Crippen molar-refractivity contribution in [2.24, 2.45) is 0 Å². The van der Waals surface area contributed by atoms with Crippen molar-refractivity contribution in [3.63, 3.8) is 0 Å². The molecule has 0 fully saturated rings. The standard InChI is InChI=1S/C11H13N5O/c12-11-15-9-8(10(17)16-11)13-7(14-9)5-6-3-1-2-4-6/h3H,1-2,4-5H2,(H4,12,13,14,15,16,17). The Balaban J connectivity index is 2.01. The number of imidazole rings is 1. The minimum absolute atomic E-state index is 0.0978. The van der Waals surface area contributed by atoms with Gasteiger partial charge in [-0.2, -0.15) is 4.98 Å². The minimum Gasteiger partial charge on any atom is -0.369 e. The fourth-order valence-corrected chi connectivity index (χ4v) is 2.17. The maximum absolute atomic E-state index is 11.6. The molecule has 0 atom stereocenters. The number of nitrogens with zero attached hydrogens (tertiary/aromatic N) is 2. The van der Waals surface area contributed by atoms with Crippen LogP contribution in [-0.2, 0) is 6.42 Å². The molecule has 3 rings (SSSR count). The lowest BCUT2D eigenvalue weighted by atomic mass is 10.1. The lowest BCUT2D eigenvalue weighted by Crippen LogP contribution is -2.10. The van der Waals surface area contributed by atoms with E-state index in [2.05, 4.69) is 26.0 Å². The number of nitrogens with two attached hydrogens (primary N) is 1. The number of aromatic amines is 2. The number of H-pyrrole nitrogens is 2. The summed E-state index contributed by atoms with van der Waals surface area (Å²) >= 11 is 0. The number of fused-ring (bicyclic) bond motifs is 1. The Labute approximate surface area is 97.0 Å². The van der Waals surface area contributed by atoms with Gasteiger partial charge in [-0.05, 0) is 19.3 Å². The second-order valence-corrected chi connectivity index (χ2v) is 4.26. The van der Waals surface area contributed by atoms with Crippen LogP contribution in [0.15, 0.2) is 16.4 Å². The summed E-state index contributed by atoms with van der Waals surface area (Å²) in [4.78, 5) is 25.3. The van der Waals surface area contributed by atoms with Crippen LogP contribution >= 0.6 is 0 Å². The zero-order valence-electron chi connectivity index (χ0n) is 9.29. The molecule has 6 heteroatoms. The SMILES string of the molecule is Nc1nc2nc(CC3=CCCC3)[nH]c2c(=O)[nH]1. The van der Waals surface area contributed by atoms with Crippen LogP contribution in [0.5, 0.6) is 0 Å². The van der Waals surface area contributed by atoms with Gasteiger partial charge in [0.1, 0.15) is 5.82 Å². The average molecular weight is 231 g/mol. The van der Waals surface area contributed by atoms with Crippen molar-refractivity contribution in [2.45, 2.75) is 25.7 Å². The van der Waals surface area contributed by atoms with E-state index in [1.807, 2.05) is 0 Å². The summed E-state index contributed by atoms with van der Waals surface area (Å²) in [6.07, 6.45) is 6.46. The minimum atomic E-state index is -0.272. The van der Waals surface area contributed by atoms with Crippen LogP contribution in [0.25, 0.3) is 11.2 Å². The first-order chi connectivity index (χ1) is 8.22. The van der Waals surface area contributed by atoms with Crippen molar-refractivity contribution < 1.29 is 0 Å². The van der Waals surface area contributed by atoms with Crippen LogP contribution < -0.4 is 11.3 Å². The largest absolute Gasteiger partial charge is 0.369 e. The van der Waals surface area contributed by atoms with E-state index in [0.29, 0.717) is 11.2 Å². The van der Waals surface area contributed by atoms with Crippen molar-refractivity contribution in [2.75, 3.05) is 5.73 Å². The highest BCUT2D eigenvalue weighted by molar-refractivity contribution is 5.70. The number of hydrogen-bond acceptors (Lipinski definition) is 4. The normalized spacial score (nSPS) is 15.4. The molecular formula is C11H13N5O. The Hall–Kier alpha value is -2.11. The summed E-state index contributed by atoms with van der Waals surface area (Å²) in [6.45, 7) is 0. The summed E-state index contributed by atoms with van der Waals surface area (Å²) in [5.41, 5.74) is 7.35. The van der Waals surface area contributed by atoms with Gasteiger partial charge in [-0.3, -0.25) is 9.78 Å². The summed E-state index contributed by atoms with van der Waals surface area (Å²) in [7, 11) is 0. The average Bonchev–Trinajstić information content (AvgIpc) is 2.87. The summed E-state index contributed by atoms with van der Waals surface area (Å²) in [5, 5.41) is 0. The number of nitrogen functional groups attached to an aromatic ring is 1. The molecular weight excluding hydrogens is 218 g/mol. The molecule has 0 spiro atoms. The molecule has 2 aromatic heterocycles. The van der Waals surface area contributed by atoms with E-state index < -0.39 is 0 Å². The Bertz CT molecular complexity index is 651.